The van der Waals surface area contributed by atoms with Crippen LogP contribution in [0.15, 0.2) is 24.3 Å². The van der Waals surface area contributed by atoms with Crippen molar-refractivity contribution in [3.05, 3.63) is 24.3 Å². The topological polar surface area (TPSA) is 50.8 Å². The number of carbonyl (C=O) groups is 1. The SMILES string of the molecule is CCOc1ccccc1OCNC(=O)N(CC)CC. The minimum atomic E-state index is -0.126. The van der Waals surface area contributed by atoms with Crippen LogP contribution in [-0.4, -0.2) is 37.4 Å². The molecule has 1 rings (SSSR count). The highest BCUT2D eigenvalue weighted by Crippen LogP contribution is 2.25. The van der Waals surface area contributed by atoms with Crippen LogP contribution >= 0.6 is 0 Å². The molecule has 1 N–H and O–H groups in total. The first-order chi connectivity index (χ1) is 9.22. The van der Waals surface area contributed by atoms with Crippen molar-refractivity contribution >= 4 is 6.03 Å². The predicted octanol–water partition coefficient (Wildman–Crippen LogP) is 2.47. The number of rotatable bonds is 7. The normalized spacial score (nSPS) is 9.84. The molecule has 0 aliphatic heterocycles. The molecule has 106 valence electrons. The third kappa shape index (κ3) is 4.69. The summed E-state index contributed by atoms with van der Waals surface area (Å²) in [6.07, 6.45) is 0. The predicted molar refractivity (Wildman–Crippen MR) is 74.6 cm³/mol. The maximum atomic E-state index is 11.7. The molecule has 0 bridgehead atoms. The minimum Gasteiger partial charge on any atom is -0.490 e. The number of urea groups is 1. The molecule has 5 heteroatoms. The summed E-state index contributed by atoms with van der Waals surface area (Å²) >= 11 is 0. The molecule has 0 spiro atoms. The number of nitrogens with zero attached hydrogens (tertiary/aromatic N) is 1. The number of amides is 2. The molecule has 0 heterocycles. The zero-order chi connectivity index (χ0) is 14.1. The summed E-state index contributed by atoms with van der Waals surface area (Å²) in [6.45, 7) is 7.85. The van der Waals surface area contributed by atoms with Crippen LogP contribution in [0.4, 0.5) is 4.79 Å². The van der Waals surface area contributed by atoms with E-state index in [0.29, 0.717) is 31.2 Å². The van der Waals surface area contributed by atoms with Crippen LogP contribution in [-0.2, 0) is 0 Å². The van der Waals surface area contributed by atoms with Crippen molar-refractivity contribution in [2.24, 2.45) is 0 Å². The summed E-state index contributed by atoms with van der Waals surface area (Å²) < 4.78 is 11.0. The van der Waals surface area contributed by atoms with Gasteiger partial charge >= 0.3 is 6.03 Å². The lowest BCUT2D eigenvalue weighted by Gasteiger charge is -2.19. The average molecular weight is 266 g/mol. The average Bonchev–Trinajstić information content (AvgIpc) is 2.42. The first kappa shape index (κ1) is 15.1. The second kappa shape index (κ2) is 8.24. The first-order valence-corrected chi connectivity index (χ1v) is 6.60. The number of carbonyl (C=O) groups excluding carboxylic acids is 1. The lowest BCUT2D eigenvalue weighted by molar-refractivity contribution is 0.187. The summed E-state index contributed by atoms with van der Waals surface area (Å²) in [5, 5.41) is 2.71. The van der Waals surface area contributed by atoms with Gasteiger partial charge in [-0.2, -0.15) is 0 Å². The second-order valence-corrected chi connectivity index (χ2v) is 3.82. The number of nitrogens with one attached hydrogen (secondary N) is 1. The monoisotopic (exact) mass is 266 g/mol. The van der Waals surface area contributed by atoms with Gasteiger partial charge in [-0.15, -0.1) is 0 Å². The summed E-state index contributed by atoms with van der Waals surface area (Å²) in [7, 11) is 0. The zero-order valence-electron chi connectivity index (χ0n) is 11.8. The summed E-state index contributed by atoms with van der Waals surface area (Å²) in [6, 6.07) is 7.27. The number of hydrogen-bond acceptors (Lipinski definition) is 3. The summed E-state index contributed by atoms with van der Waals surface area (Å²) in [5.74, 6) is 1.31. The van der Waals surface area contributed by atoms with Gasteiger partial charge in [0.2, 0.25) is 0 Å². The largest absolute Gasteiger partial charge is 0.490 e. The lowest BCUT2D eigenvalue weighted by atomic mass is 10.3. The number of para-hydroxylation sites is 2. The molecule has 19 heavy (non-hydrogen) atoms. The van der Waals surface area contributed by atoms with E-state index in [2.05, 4.69) is 5.32 Å². The maximum Gasteiger partial charge on any atom is 0.319 e. The molecule has 0 radical (unpaired) electrons. The zero-order valence-corrected chi connectivity index (χ0v) is 11.8. The van der Waals surface area contributed by atoms with Crippen LogP contribution < -0.4 is 14.8 Å². The van der Waals surface area contributed by atoms with E-state index in [-0.39, 0.29) is 12.8 Å². The van der Waals surface area contributed by atoms with Crippen LogP contribution in [0.2, 0.25) is 0 Å². The molecule has 0 unspecified atom stereocenters. The van der Waals surface area contributed by atoms with Crippen LogP contribution in [0.1, 0.15) is 20.8 Å². The van der Waals surface area contributed by atoms with E-state index in [1.807, 2.05) is 45.0 Å². The highest BCUT2D eigenvalue weighted by Gasteiger charge is 2.09. The Bertz CT molecular complexity index is 392. The van der Waals surface area contributed by atoms with E-state index in [1.54, 1.807) is 4.90 Å². The van der Waals surface area contributed by atoms with Crippen molar-refractivity contribution in [1.29, 1.82) is 0 Å². The Kier molecular flexibility index (Phi) is 6.57. The third-order valence-electron chi connectivity index (χ3n) is 2.65. The molecular weight excluding hydrogens is 244 g/mol. The molecule has 1 aromatic carbocycles. The Balaban J connectivity index is 2.47. The van der Waals surface area contributed by atoms with Gasteiger partial charge in [-0.1, -0.05) is 12.1 Å². The summed E-state index contributed by atoms with van der Waals surface area (Å²) in [5.41, 5.74) is 0. The molecule has 2 amide bonds. The fourth-order valence-corrected chi connectivity index (χ4v) is 1.64. The molecule has 0 saturated heterocycles. The maximum absolute atomic E-state index is 11.7. The lowest BCUT2D eigenvalue weighted by Crippen LogP contribution is -2.41. The molecule has 0 atom stereocenters. The summed E-state index contributed by atoms with van der Waals surface area (Å²) in [4.78, 5) is 13.4. The smallest absolute Gasteiger partial charge is 0.319 e. The Morgan fingerprint density at radius 3 is 2.21 bits per heavy atom. The van der Waals surface area contributed by atoms with Gasteiger partial charge < -0.3 is 19.7 Å². The Morgan fingerprint density at radius 1 is 1.11 bits per heavy atom. The van der Waals surface area contributed by atoms with Gasteiger partial charge in [-0.3, -0.25) is 0 Å². The van der Waals surface area contributed by atoms with Crippen molar-refractivity contribution in [2.45, 2.75) is 20.8 Å². The van der Waals surface area contributed by atoms with Gasteiger partial charge in [0.15, 0.2) is 18.2 Å². The van der Waals surface area contributed by atoms with Crippen LogP contribution in [0.3, 0.4) is 0 Å². The van der Waals surface area contributed by atoms with Crippen molar-refractivity contribution in [3.63, 3.8) is 0 Å². The Morgan fingerprint density at radius 2 is 1.68 bits per heavy atom. The number of benzene rings is 1. The van der Waals surface area contributed by atoms with E-state index in [0.717, 1.165) is 0 Å². The second-order valence-electron chi connectivity index (χ2n) is 3.82. The van der Waals surface area contributed by atoms with E-state index in [4.69, 9.17) is 9.47 Å². The fourth-order valence-electron chi connectivity index (χ4n) is 1.64. The molecule has 0 aliphatic carbocycles. The standard InChI is InChI=1S/C14H22N2O3/c1-4-16(5-2)14(17)15-11-19-13-10-8-7-9-12(13)18-6-3/h7-10H,4-6,11H2,1-3H3,(H,15,17). The van der Waals surface area contributed by atoms with Gasteiger partial charge in [0.05, 0.1) is 6.61 Å². The van der Waals surface area contributed by atoms with Crippen molar-refractivity contribution in [2.75, 3.05) is 26.4 Å². The van der Waals surface area contributed by atoms with Crippen LogP contribution in [0.5, 0.6) is 11.5 Å². The molecule has 1 aromatic rings. The van der Waals surface area contributed by atoms with Crippen molar-refractivity contribution in [3.8, 4) is 11.5 Å². The van der Waals surface area contributed by atoms with Crippen LogP contribution in [0.25, 0.3) is 0 Å². The van der Waals surface area contributed by atoms with E-state index < -0.39 is 0 Å². The van der Waals surface area contributed by atoms with Gasteiger partial charge in [-0.25, -0.2) is 4.79 Å². The van der Waals surface area contributed by atoms with Gasteiger partial charge in [0.25, 0.3) is 0 Å². The van der Waals surface area contributed by atoms with Crippen molar-refractivity contribution < 1.29 is 14.3 Å². The number of ether oxygens (including phenoxy) is 2. The molecule has 0 aromatic heterocycles. The fraction of sp³-hybridized carbons (Fsp3) is 0.500. The third-order valence-corrected chi connectivity index (χ3v) is 2.65. The van der Waals surface area contributed by atoms with E-state index >= 15 is 0 Å². The highest BCUT2D eigenvalue weighted by molar-refractivity contribution is 5.73. The molecule has 5 nitrogen and oxygen atoms in total. The van der Waals surface area contributed by atoms with Gasteiger partial charge in [0.1, 0.15) is 0 Å². The quantitative estimate of drug-likeness (QED) is 0.771. The minimum absolute atomic E-state index is 0.124. The molecular formula is C14H22N2O3. The molecule has 0 fully saturated rings. The highest BCUT2D eigenvalue weighted by atomic mass is 16.5. The van der Waals surface area contributed by atoms with E-state index in [9.17, 15) is 4.79 Å². The van der Waals surface area contributed by atoms with E-state index in [1.165, 1.54) is 0 Å². The van der Waals surface area contributed by atoms with Crippen molar-refractivity contribution in [1.82, 2.24) is 10.2 Å². The Labute approximate surface area is 114 Å². The van der Waals surface area contributed by atoms with Gasteiger partial charge in [0, 0.05) is 13.1 Å². The number of hydrogen-bond donors (Lipinski definition) is 1. The Hall–Kier alpha value is -1.91. The van der Waals surface area contributed by atoms with Gasteiger partial charge in [-0.05, 0) is 32.9 Å². The van der Waals surface area contributed by atoms with Crippen LogP contribution in [0, 0.1) is 0 Å². The molecule has 0 aliphatic rings. The molecule has 0 saturated carbocycles. The first-order valence-electron chi connectivity index (χ1n) is 6.60.